The van der Waals surface area contributed by atoms with Crippen LogP contribution in [0.25, 0.3) is 0 Å². The van der Waals surface area contributed by atoms with E-state index in [1.807, 2.05) is 0 Å². The second kappa shape index (κ2) is 3.46. The van der Waals surface area contributed by atoms with E-state index in [1.165, 1.54) is 12.1 Å². The van der Waals surface area contributed by atoms with Crippen LogP contribution in [0.15, 0.2) is 29.3 Å². The van der Waals surface area contributed by atoms with Gasteiger partial charge in [0.05, 0.1) is 0 Å². The van der Waals surface area contributed by atoms with Crippen molar-refractivity contribution in [2.24, 2.45) is 4.99 Å². The second-order valence-electron chi connectivity index (χ2n) is 2.66. The van der Waals surface area contributed by atoms with E-state index in [1.54, 1.807) is 0 Å². The van der Waals surface area contributed by atoms with Gasteiger partial charge in [0.25, 0.3) is 0 Å². The predicted octanol–water partition coefficient (Wildman–Crippen LogP) is 2.30. The van der Waals surface area contributed by atoms with Crippen LogP contribution in [0.5, 0.6) is 0 Å². The van der Waals surface area contributed by atoms with Crippen LogP contribution in [-0.2, 0) is 10.6 Å². The topological polar surface area (TPSA) is 29.4 Å². The highest BCUT2D eigenvalue weighted by atomic mass is 19.1. The molecule has 0 fully saturated rings. The van der Waals surface area contributed by atoms with Crippen LogP contribution in [0, 0.1) is 5.82 Å². The van der Waals surface area contributed by atoms with Crippen molar-refractivity contribution in [2.45, 2.75) is 12.7 Å². The monoisotopic (exact) mass is 183 g/mol. The Bertz CT molecular complexity index is 339. The zero-order chi connectivity index (χ0) is 9.90. The quantitative estimate of drug-likeness (QED) is 0.393. The third-order valence-corrected chi connectivity index (χ3v) is 1.63. The van der Waals surface area contributed by atoms with E-state index < -0.39 is 11.6 Å². The number of isocyanates is 1. The fourth-order valence-corrected chi connectivity index (χ4v) is 0.904. The lowest BCUT2D eigenvalue weighted by molar-refractivity contribution is 0.206. The first-order valence-corrected chi connectivity index (χ1v) is 3.60. The molecule has 0 aromatic heterocycles. The molecule has 68 valence electrons. The SMILES string of the molecule is CC(F)(N=C=O)c1ccc(F)cc1. The van der Waals surface area contributed by atoms with E-state index >= 15 is 0 Å². The molecule has 0 aliphatic carbocycles. The van der Waals surface area contributed by atoms with Crippen molar-refractivity contribution in [2.75, 3.05) is 0 Å². The number of aliphatic imine (C=N–C) groups is 1. The highest BCUT2D eigenvalue weighted by Gasteiger charge is 2.24. The molecule has 0 aliphatic rings. The molecule has 0 radical (unpaired) electrons. The normalized spacial score (nSPS) is 14.4. The molecule has 1 aromatic carbocycles. The van der Waals surface area contributed by atoms with Crippen molar-refractivity contribution in [1.29, 1.82) is 0 Å². The number of rotatable bonds is 2. The summed E-state index contributed by atoms with van der Waals surface area (Å²) in [5, 5.41) is 0. The Balaban J connectivity index is 3.07. The maximum Gasteiger partial charge on any atom is 0.238 e. The van der Waals surface area contributed by atoms with Gasteiger partial charge in [-0.25, -0.2) is 13.6 Å². The lowest BCUT2D eigenvalue weighted by Crippen LogP contribution is -2.11. The van der Waals surface area contributed by atoms with Crippen LogP contribution >= 0.6 is 0 Å². The molecule has 0 amide bonds. The smallest absolute Gasteiger partial charge is 0.212 e. The summed E-state index contributed by atoms with van der Waals surface area (Å²) in [6.45, 7) is 1.10. The van der Waals surface area contributed by atoms with Gasteiger partial charge < -0.3 is 0 Å². The molecule has 0 saturated carbocycles. The molecule has 0 spiro atoms. The summed E-state index contributed by atoms with van der Waals surface area (Å²) >= 11 is 0. The summed E-state index contributed by atoms with van der Waals surface area (Å²) in [6.07, 6.45) is 1.13. The number of nitrogens with zero attached hydrogens (tertiary/aromatic N) is 1. The van der Waals surface area contributed by atoms with Gasteiger partial charge in [0.15, 0.2) is 0 Å². The molecule has 1 atom stereocenters. The third-order valence-electron chi connectivity index (χ3n) is 1.63. The Kier molecular flexibility index (Phi) is 2.54. The molecule has 1 rings (SSSR count). The zero-order valence-corrected chi connectivity index (χ0v) is 6.92. The minimum absolute atomic E-state index is 0.122. The Morgan fingerprint density at radius 1 is 1.38 bits per heavy atom. The number of hydrogen-bond donors (Lipinski definition) is 0. The van der Waals surface area contributed by atoms with E-state index in [0.717, 1.165) is 25.1 Å². The second-order valence-corrected chi connectivity index (χ2v) is 2.66. The van der Waals surface area contributed by atoms with Gasteiger partial charge in [0.2, 0.25) is 11.9 Å². The molecule has 1 unspecified atom stereocenters. The Labute approximate surface area is 73.9 Å². The third kappa shape index (κ3) is 2.20. The average molecular weight is 183 g/mol. The van der Waals surface area contributed by atoms with Crippen LogP contribution in [0.2, 0.25) is 0 Å². The van der Waals surface area contributed by atoms with Crippen molar-refractivity contribution in [3.05, 3.63) is 35.6 Å². The summed E-state index contributed by atoms with van der Waals surface area (Å²) in [5.41, 5.74) is 0.122. The fourth-order valence-electron chi connectivity index (χ4n) is 0.904. The molecular formula is C9H7F2NO. The lowest BCUT2D eigenvalue weighted by Gasteiger charge is -2.12. The van der Waals surface area contributed by atoms with Gasteiger partial charge in [-0.2, -0.15) is 4.99 Å². The molecule has 2 nitrogen and oxygen atoms in total. The van der Waals surface area contributed by atoms with Crippen LogP contribution in [0.4, 0.5) is 8.78 Å². The molecule has 0 heterocycles. The molecule has 13 heavy (non-hydrogen) atoms. The summed E-state index contributed by atoms with van der Waals surface area (Å²) in [7, 11) is 0. The van der Waals surface area contributed by atoms with E-state index in [-0.39, 0.29) is 5.56 Å². The van der Waals surface area contributed by atoms with E-state index in [2.05, 4.69) is 4.99 Å². The minimum Gasteiger partial charge on any atom is -0.212 e. The van der Waals surface area contributed by atoms with Crippen molar-refractivity contribution in [1.82, 2.24) is 0 Å². The Morgan fingerprint density at radius 2 is 1.92 bits per heavy atom. The van der Waals surface area contributed by atoms with Crippen LogP contribution < -0.4 is 0 Å². The Morgan fingerprint density at radius 3 is 2.38 bits per heavy atom. The first kappa shape index (κ1) is 9.55. The van der Waals surface area contributed by atoms with Gasteiger partial charge in [-0.05, 0) is 19.1 Å². The van der Waals surface area contributed by atoms with Gasteiger partial charge in [0.1, 0.15) is 5.82 Å². The van der Waals surface area contributed by atoms with Gasteiger partial charge in [-0.1, -0.05) is 12.1 Å². The first-order chi connectivity index (χ1) is 6.06. The van der Waals surface area contributed by atoms with E-state index in [0.29, 0.717) is 0 Å². The number of halogens is 2. The van der Waals surface area contributed by atoms with Crippen LogP contribution in [0.3, 0.4) is 0 Å². The minimum atomic E-state index is -2.13. The first-order valence-electron chi connectivity index (χ1n) is 3.60. The number of hydrogen-bond acceptors (Lipinski definition) is 2. The van der Waals surface area contributed by atoms with Crippen molar-refractivity contribution in [3.63, 3.8) is 0 Å². The van der Waals surface area contributed by atoms with Gasteiger partial charge in [-0.3, -0.25) is 0 Å². The molecular weight excluding hydrogens is 176 g/mol. The van der Waals surface area contributed by atoms with Gasteiger partial charge in [-0.15, -0.1) is 0 Å². The maximum absolute atomic E-state index is 13.4. The standard InChI is InChI=1S/C9H7F2NO/c1-9(11,12-6-13)7-2-4-8(10)5-3-7/h2-5H,1H3. The highest BCUT2D eigenvalue weighted by Crippen LogP contribution is 2.26. The van der Waals surface area contributed by atoms with E-state index in [9.17, 15) is 13.6 Å². The number of carbonyl (C=O) groups excluding carboxylic acids is 1. The lowest BCUT2D eigenvalue weighted by atomic mass is 10.1. The van der Waals surface area contributed by atoms with Gasteiger partial charge in [0, 0.05) is 5.56 Å². The largest absolute Gasteiger partial charge is 0.238 e. The van der Waals surface area contributed by atoms with Crippen LogP contribution in [-0.4, -0.2) is 6.08 Å². The molecule has 0 saturated heterocycles. The van der Waals surface area contributed by atoms with Crippen molar-refractivity contribution < 1.29 is 13.6 Å². The van der Waals surface area contributed by atoms with E-state index in [4.69, 9.17) is 0 Å². The fraction of sp³-hybridized carbons (Fsp3) is 0.222. The van der Waals surface area contributed by atoms with Gasteiger partial charge >= 0.3 is 0 Å². The van der Waals surface area contributed by atoms with Crippen LogP contribution in [0.1, 0.15) is 12.5 Å². The summed E-state index contributed by atoms with van der Waals surface area (Å²) < 4.78 is 25.8. The number of benzene rings is 1. The highest BCUT2D eigenvalue weighted by molar-refractivity contribution is 5.36. The number of alkyl halides is 1. The molecule has 1 aromatic rings. The molecule has 0 N–H and O–H groups in total. The van der Waals surface area contributed by atoms with Crippen molar-refractivity contribution >= 4 is 6.08 Å². The summed E-state index contributed by atoms with van der Waals surface area (Å²) in [6, 6.07) is 4.67. The molecule has 0 bridgehead atoms. The summed E-state index contributed by atoms with van der Waals surface area (Å²) in [5.74, 6) is -2.59. The Hall–Kier alpha value is -1.54. The average Bonchev–Trinajstić information content (AvgIpc) is 2.05. The van der Waals surface area contributed by atoms with Crippen molar-refractivity contribution in [3.8, 4) is 0 Å². The predicted molar refractivity (Wildman–Crippen MR) is 43.0 cm³/mol. The maximum atomic E-state index is 13.4. The summed E-state index contributed by atoms with van der Waals surface area (Å²) in [4.78, 5) is 12.8. The zero-order valence-electron chi connectivity index (χ0n) is 6.92. The molecule has 0 aliphatic heterocycles. The molecule has 4 heteroatoms.